The van der Waals surface area contributed by atoms with Crippen molar-refractivity contribution in [2.75, 3.05) is 0 Å². The van der Waals surface area contributed by atoms with Crippen LogP contribution in [-0.4, -0.2) is 27.8 Å². The van der Waals surface area contributed by atoms with Crippen LogP contribution in [0.2, 0.25) is 0 Å². The standard InChI is InChI=1S/C6H9BrO3.C3H6O2.2K.2H/c1-3-5(8)10-6(9)4(2)7;1-2-3(4)5;;;;/h4H,3H2,1-2H3;2H2,1H3,(H,4,5);;;;/q;;2*+1;2*-1. The third-order valence-corrected chi connectivity index (χ3v) is 1.50. The Bertz CT molecular complexity index is 243. The van der Waals surface area contributed by atoms with Gasteiger partial charge in [-0.2, -0.15) is 0 Å². The van der Waals surface area contributed by atoms with Crippen LogP contribution in [0.15, 0.2) is 0 Å². The first-order valence-corrected chi connectivity index (χ1v) is 5.37. The van der Waals surface area contributed by atoms with Gasteiger partial charge in [-0.15, -0.1) is 0 Å². The number of hydrogen-bond donors (Lipinski definition) is 1. The van der Waals surface area contributed by atoms with E-state index in [9.17, 15) is 14.4 Å². The number of carbonyl (C=O) groups excluding carboxylic acids is 2. The van der Waals surface area contributed by atoms with Crippen molar-refractivity contribution in [1.29, 1.82) is 0 Å². The summed E-state index contributed by atoms with van der Waals surface area (Å²) in [6.07, 6.45) is 0.450. The van der Waals surface area contributed by atoms with Gasteiger partial charge in [-0.3, -0.25) is 14.4 Å². The van der Waals surface area contributed by atoms with Gasteiger partial charge in [-0.05, 0) is 6.92 Å². The van der Waals surface area contributed by atoms with Crippen molar-refractivity contribution < 1.29 is 130 Å². The molecule has 8 heteroatoms. The Labute approximate surface area is 198 Å². The molecule has 0 rings (SSSR count). The Hall–Kier alpha value is 2.36. The number of ether oxygens (including phenoxy) is 1. The maximum absolute atomic E-state index is 10.6. The summed E-state index contributed by atoms with van der Waals surface area (Å²) >= 11 is 2.97. The van der Waals surface area contributed by atoms with E-state index in [-0.39, 0.29) is 118 Å². The number of esters is 2. The SMILES string of the molecule is CCC(=O)O.CCC(=O)OC(=O)C(C)Br.[H-].[H-].[K+].[K+]. The van der Waals surface area contributed by atoms with E-state index < -0.39 is 22.7 Å². The average Bonchev–Trinajstić information content (AvgIpc) is 2.18. The molecule has 0 aliphatic rings. The second-order valence-electron chi connectivity index (χ2n) is 2.51. The van der Waals surface area contributed by atoms with Crippen LogP contribution in [0.25, 0.3) is 0 Å². The number of carboxylic acid groups (broad SMARTS) is 1. The fourth-order valence-electron chi connectivity index (χ4n) is 0.266. The molecule has 1 N–H and O–H groups in total. The summed E-state index contributed by atoms with van der Waals surface area (Å²) in [7, 11) is 0. The van der Waals surface area contributed by atoms with Crippen LogP contribution in [0.5, 0.6) is 0 Å². The zero-order chi connectivity index (χ0) is 12.4. The number of hydrogen-bond acceptors (Lipinski definition) is 4. The van der Waals surface area contributed by atoms with Gasteiger partial charge in [0.1, 0.15) is 4.83 Å². The largest absolute Gasteiger partial charge is 1.00 e. The van der Waals surface area contributed by atoms with Crippen LogP contribution >= 0.6 is 15.9 Å². The maximum atomic E-state index is 10.6. The minimum Gasteiger partial charge on any atom is -1.00 e. The molecule has 0 aromatic carbocycles. The van der Waals surface area contributed by atoms with Crippen molar-refractivity contribution in [2.45, 2.75) is 38.4 Å². The van der Waals surface area contributed by atoms with E-state index in [1.807, 2.05) is 0 Å². The molecule has 0 radical (unpaired) electrons. The molecule has 0 bridgehead atoms. The van der Waals surface area contributed by atoms with Crippen molar-refractivity contribution in [2.24, 2.45) is 0 Å². The van der Waals surface area contributed by atoms with Crippen molar-refractivity contribution in [3.05, 3.63) is 0 Å². The van der Waals surface area contributed by atoms with Crippen molar-refractivity contribution in [3.8, 4) is 0 Å². The number of halogens is 1. The van der Waals surface area contributed by atoms with E-state index in [2.05, 4.69) is 20.7 Å². The molecule has 17 heavy (non-hydrogen) atoms. The first kappa shape index (κ1) is 27.7. The maximum Gasteiger partial charge on any atom is 1.00 e. The second-order valence-corrected chi connectivity index (χ2v) is 3.88. The van der Waals surface area contributed by atoms with Gasteiger partial charge in [0.15, 0.2) is 0 Å². The minimum atomic E-state index is -0.745. The Balaban J connectivity index is -0.0000000418. The molecular formula is C9H17BrK2O5. The summed E-state index contributed by atoms with van der Waals surface area (Å²) < 4.78 is 4.34. The molecule has 0 spiro atoms. The number of rotatable bonds is 3. The normalized spacial score (nSPS) is 9.41. The van der Waals surface area contributed by atoms with Gasteiger partial charge in [0.05, 0.1) is 0 Å². The second kappa shape index (κ2) is 18.4. The molecule has 0 amide bonds. The van der Waals surface area contributed by atoms with Gasteiger partial charge in [-0.25, -0.2) is 0 Å². The van der Waals surface area contributed by atoms with Gasteiger partial charge >= 0.3 is 121 Å². The zero-order valence-electron chi connectivity index (χ0n) is 12.9. The fourth-order valence-corrected chi connectivity index (χ4v) is 0.359. The van der Waals surface area contributed by atoms with Crippen LogP contribution in [0.3, 0.4) is 0 Å². The summed E-state index contributed by atoms with van der Waals surface area (Å²) in [6.45, 7) is 4.84. The van der Waals surface area contributed by atoms with E-state index in [0.29, 0.717) is 0 Å². The molecule has 5 nitrogen and oxygen atoms in total. The third-order valence-electron chi connectivity index (χ3n) is 1.13. The van der Waals surface area contributed by atoms with Gasteiger partial charge in [0.2, 0.25) is 0 Å². The summed E-state index contributed by atoms with van der Waals surface area (Å²) in [6, 6.07) is 0. The Morgan fingerprint density at radius 3 is 1.76 bits per heavy atom. The predicted octanol–water partition coefficient (Wildman–Crippen LogP) is -4.04. The van der Waals surface area contributed by atoms with E-state index >= 15 is 0 Å². The first-order valence-electron chi connectivity index (χ1n) is 4.45. The average molecular weight is 363 g/mol. The van der Waals surface area contributed by atoms with Crippen LogP contribution in [0.1, 0.15) is 36.5 Å². The predicted molar refractivity (Wildman–Crippen MR) is 59.9 cm³/mol. The van der Waals surface area contributed by atoms with Crippen molar-refractivity contribution in [1.82, 2.24) is 0 Å². The van der Waals surface area contributed by atoms with E-state index in [4.69, 9.17) is 5.11 Å². The van der Waals surface area contributed by atoms with Gasteiger partial charge in [-0.1, -0.05) is 29.8 Å². The van der Waals surface area contributed by atoms with E-state index in [1.54, 1.807) is 20.8 Å². The number of carbonyl (C=O) groups is 3. The molecule has 1 atom stereocenters. The first-order chi connectivity index (χ1) is 6.84. The summed E-state index contributed by atoms with van der Waals surface area (Å²) in [5.74, 6) is -1.77. The van der Waals surface area contributed by atoms with Crippen LogP contribution in [-0.2, 0) is 19.1 Å². The monoisotopic (exact) mass is 362 g/mol. The van der Waals surface area contributed by atoms with Gasteiger partial charge < -0.3 is 12.7 Å². The third kappa shape index (κ3) is 23.8. The molecule has 1 unspecified atom stereocenters. The molecule has 0 aromatic heterocycles. The van der Waals surface area contributed by atoms with Crippen molar-refractivity contribution >= 4 is 33.8 Å². The summed E-state index contributed by atoms with van der Waals surface area (Å²) in [5.41, 5.74) is 0. The Morgan fingerprint density at radius 2 is 1.59 bits per heavy atom. The molecule has 0 aliphatic carbocycles. The minimum absolute atomic E-state index is 0. The fraction of sp³-hybridized carbons (Fsp3) is 0.667. The quantitative estimate of drug-likeness (QED) is 0.239. The van der Waals surface area contributed by atoms with Crippen LogP contribution in [0, 0.1) is 0 Å². The van der Waals surface area contributed by atoms with Crippen LogP contribution in [0.4, 0.5) is 0 Å². The Kier molecular flexibility index (Phi) is 29.9. The molecule has 0 aliphatic heterocycles. The molecule has 0 heterocycles. The van der Waals surface area contributed by atoms with E-state index in [1.165, 1.54) is 0 Å². The number of alkyl halides is 1. The topological polar surface area (TPSA) is 80.7 Å². The number of aliphatic carboxylic acids is 1. The molecule has 0 fully saturated rings. The Morgan fingerprint density at radius 1 is 1.24 bits per heavy atom. The van der Waals surface area contributed by atoms with E-state index in [0.717, 1.165) is 0 Å². The molecule has 92 valence electrons. The van der Waals surface area contributed by atoms with Crippen LogP contribution < -0.4 is 103 Å². The molecule has 0 saturated heterocycles. The van der Waals surface area contributed by atoms with Crippen molar-refractivity contribution in [3.63, 3.8) is 0 Å². The zero-order valence-corrected chi connectivity index (χ0v) is 18.8. The number of carboxylic acids is 1. The van der Waals surface area contributed by atoms with Gasteiger partial charge in [0.25, 0.3) is 0 Å². The summed E-state index contributed by atoms with van der Waals surface area (Å²) in [4.78, 5) is 30.0. The molecular weight excluding hydrogens is 346 g/mol. The smallest absolute Gasteiger partial charge is 1.00 e. The molecule has 0 aromatic rings. The molecule has 0 saturated carbocycles. The van der Waals surface area contributed by atoms with Gasteiger partial charge in [0, 0.05) is 12.8 Å². The summed E-state index contributed by atoms with van der Waals surface area (Å²) in [5, 5.41) is 7.72.